The summed E-state index contributed by atoms with van der Waals surface area (Å²) in [5.41, 5.74) is 1.49. The average Bonchev–Trinajstić information content (AvgIpc) is 2.76. The van der Waals surface area contributed by atoms with Crippen molar-refractivity contribution in [2.45, 2.75) is 11.9 Å². The molecule has 1 atom stereocenters. The van der Waals surface area contributed by atoms with Gasteiger partial charge in [0, 0.05) is 5.69 Å². The first kappa shape index (κ1) is 21.5. The highest BCUT2D eigenvalue weighted by Crippen LogP contribution is 2.36. The first-order chi connectivity index (χ1) is 14.8. The number of carbonyl (C=O) groups excluding carboxylic acids is 1. The van der Waals surface area contributed by atoms with Gasteiger partial charge in [0.1, 0.15) is 5.75 Å². The van der Waals surface area contributed by atoms with Gasteiger partial charge in [0.25, 0.3) is 5.91 Å². The Morgan fingerprint density at radius 3 is 2.45 bits per heavy atom. The summed E-state index contributed by atoms with van der Waals surface area (Å²) in [6, 6.07) is 20.3. The van der Waals surface area contributed by atoms with Crippen LogP contribution in [-0.2, 0) is 20.6 Å². The van der Waals surface area contributed by atoms with Crippen molar-refractivity contribution in [1.82, 2.24) is 0 Å². The molecule has 1 aliphatic rings. The number of nitrogens with one attached hydrogen (secondary N) is 1. The molecule has 0 spiro atoms. The fraction of sp³-hybridized carbons (Fsp3) is 0.136. The van der Waals surface area contributed by atoms with Gasteiger partial charge >= 0.3 is 0 Å². The van der Waals surface area contributed by atoms with E-state index in [4.69, 9.17) is 27.9 Å². The highest BCUT2D eigenvalue weighted by Gasteiger charge is 2.36. The van der Waals surface area contributed by atoms with Crippen LogP contribution < -0.4 is 14.4 Å². The first-order valence-corrected chi connectivity index (χ1v) is 11.8. The molecule has 4 rings (SSSR count). The molecule has 1 N–H and O–H groups in total. The molecule has 160 valence electrons. The minimum atomic E-state index is -3.77. The van der Waals surface area contributed by atoms with Crippen molar-refractivity contribution in [3.8, 4) is 5.75 Å². The molecule has 1 heterocycles. The van der Waals surface area contributed by atoms with E-state index in [1.807, 2.05) is 6.07 Å². The fourth-order valence-corrected chi connectivity index (χ4v) is 5.14. The van der Waals surface area contributed by atoms with E-state index in [0.717, 1.165) is 0 Å². The predicted molar refractivity (Wildman–Crippen MR) is 122 cm³/mol. The van der Waals surface area contributed by atoms with Gasteiger partial charge in [-0.1, -0.05) is 65.7 Å². The molecule has 0 radical (unpaired) electrons. The molecule has 0 saturated carbocycles. The van der Waals surface area contributed by atoms with E-state index in [1.165, 1.54) is 10.4 Å². The van der Waals surface area contributed by atoms with E-state index >= 15 is 0 Å². The molecule has 0 aromatic heterocycles. The number of halogens is 2. The molecule has 1 amide bonds. The maximum atomic E-state index is 13.2. The van der Waals surface area contributed by atoms with Crippen molar-refractivity contribution in [1.29, 1.82) is 0 Å². The smallest absolute Gasteiger partial charge is 0.267 e. The zero-order valence-electron chi connectivity index (χ0n) is 16.2. The number of rotatable bonds is 5. The van der Waals surface area contributed by atoms with Gasteiger partial charge in [0.15, 0.2) is 6.10 Å². The number of ether oxygens (including phenoxy) is 1. The minimum absolute atomic E-state index is 0.153. The number of nitrogens with zero attached hydrogens (tertiary/aromatic N) is 1. The Hall–Kier alpha value is -2.74. The molecule has 9 heteroatoms. The second-order valence-corrected chi connectivity index (χ2v) is 9.67. The fourth-order valence-electron chi connectivity index (χ4n) is 3.26. The van der Waals surface area contributed by atoms with E-state index in [9.17, 15) is 13.2 Å². The third kappa shape index (κ3) is 4.79. The lowest BCUT2D eigenvalue weighted by atomic mass is 10.2. The van der Waals surface area contributed by atoms with Gasteiger partial charge in [0.05, 0.1) is 28.0 Å². The zero-order valence-corrected chi connectivity index (χ0v) is 18.5. The zero-order chi connectivity index (χ0) is 22.0. The lowest BCUT2D eigenvalue weighted by Crippen LogP contribution is -2.49. The summed E-state index contributed by atoms with van der Waals surface area (Å²) in [5, 5.41) is 3.36. The second kappa shape index (κ2) is 8.78. The Morgan fingerprint density at radius 2 is 1.71 bits per heavy atom. The summed E-state index contributed by atoms with van der Waals surface area (Å²) in [7, 11) is -3.77. The molecular formula is C22H18Cl2N2O4S. The molecule has 31 heavy (non-hydrogen) atoms. The Balaban J connectivity index is 1.60. The minimum Gasteiger partial charge on any atom is -0.476 e. The van der Waals surface area contributed by atoms with Gasteiger partial charge in [-0.25, -0.2) is 8.42 Å². The number of amides is 1. The van der Waals surface area contributed by atoms with Crippen LogP contribution in [0.2, 0.25) is 10.0 Å². The van der Waals surface area contributed by atoms with Crippen LogP contribution in [0.15, 0.2) is 72.8 Å². The van der Waals surface area contributed by atoms with Crippen molar-refractivity contribution in [3.63, 3.8) is 0 Å². The van der Waals surface area contributed by atoms with Gasteiger partial charge in [-0.15, -0.1) is 0 Å². The summed E-state index contributed by atoms with van der Waals surface area (Å²) in [5.74, 6) is -0.365. The summed E-state index contributed by atoms with van der Waals surface area (Å²) in [6.45, 7) is -0.153. The Labute approximate surface area is 190 Å². The summed E-state index contributed by atoms with van der Waals surface area (Å²) in [4.78, 5) is 12.9. The quantitative estimate of drug-likeness (QED) is 0.577. The van der Waals surface area contributed by atoms with Crippen molar-refractivity contribution in [2.75, 3.05) is 16.2 Å². The standard InChI is InChI=1S/C22H18Cl2N2O4S/c23-17-11-10-16(12-18(17)24)25-22(27)21-13-26(19-8-4-5-9-20(19)30-21)31(28,29)14-15-6-2-1-3-7-15/h1-12,21H,13-14H2,(H,25,27)/t21-/m0/s1. The first-order valence-electron chi connectivity index (χ1n) is 9.39. The predicted octanol–water partition coefficient (Wildman–Crippen LogP) is 4.73. The summed E-state index contributed by atoms with van der Waals surface area (Å²) in [6.07, 6.45) is -1.05. The molecular weight excluding hydrogens is 459 g/mol. The summed E-state index contributed by atoms with van der Waals surface area (Å²) < 4.78 is 33.5. The van der Waals surface area contributed by atoms with Crippen LogP contribution in [0.1, 0.15) is 5.56 Å². The van der Waals surface area contributed by atoms with Crippen LogP contribution in [0.5, 0.6) is 5.75 Å². The number of carbonyl (C=O) groups is 1. The average molecular weight is 477 g/mol. The number of para-hydroxylation sites is 2. The van der Waals surface area contributed by atoms with Gasteiger partial charge in [-0.05, 0) is 35.9 Å². The highest BCUT2D eigenvalue weighted by molar-refractivity contribution is 7.92. The molecule has 3 aromatic rings. The van der Waals surface area contributed by atoms with Gasteiger partial charge in [0.2, 0.25) is 10.0 Å². The maximum absolute atomic E-state index is 13.2. The van der Waals surface area contributed by atoms with E-state index in [2.05, 4.69) is 5.32 Å². The van der Waals surface area contributed by atoms with E-state index in [-0.39, 0.29) is 12.3 Å². The SMILES string of the molecule is O=C(Nc1ccc(Cl)c(Cl)c1)[C@@H]1CN(S(=O)(=O)Cc2ccccc2)c2ccccc2O1. The molecule has 0 fully saturated rings. The van der Waals surface area contributed by atoms with E-state index in [0.29, 0.717) is 32.7 Å². The van der Waals surface area contributed by atoms with E-state index in [1.54, 1.807) is 60.7 Å². The van der Waals surface area contributed by atoms with Crippen LogP contribution in [0.3, 0.4) is 0 Å². The topological polar surface area (TPSA) is 75.7 Å². The largest absolute Gasteiger partial charge is 0.476 e. The highest BCUT2D eigenvalue weighted by atomic mass is 35.5. The molecule has 0 unspecified atom stereocenters. The van der Waals surface area contributed by atoms with Crippen LogP contribution >= 0.6 is 23.2 Å². The van der Waals surface area contributed by atoms with Crippen LogP contribution in [0.4, 0.5) is 11.4 Å². The second-order valence-electron chi connectivity index (χ2n) is 6.97. The third-order valence-electron chi connectivity index (χ3n) is 4.74. The number of anilines is 2. The molecule has 1 aliphatic heterocycles. The molecule has 0 aliphatic carbocycles. The summed E-state index contributed by atoms with van der Waals surface area (Å²) >= 11 is 11.9. The van der Waals surface area contributed by atoms with Gasteiger partial charge < -0.3 is 10.1 Å². The van der Waals surface area contributed by atoms with E-state index < -0.39 is 22.0 Å². The number of fused-ring (bicyclic) bond motifs is 1. The lowest BCUT2D eigenvalue weighted by molar-refractivity contribution is -0.122. The molecule has 3 aromatic carbocycles. The molecule has 0 saturated heterocycles. The maximum Gasteiger partial charge on any atom is 0.267 e. The van der Waals surface area contributed by atoms with Crippen LogP contribution in [0, 0.1) is 0 Å². The monoisotopic (exact) mass is 476 g/mol. The normalized spacial score (nSPS) is 15.7. The number of benzene rings is 3. The Bertz CT molecular complexity index is 1220. The number of hydrogen-bond donors (Lipinski definition) is 1. The van der Waals surface area contributed by atoms with Crippen LogP contribution in [0.25, 0.3) is 0 Å². The van der Waals surface area contributed by atoms with Crippen LogP contribution in [-0.4, -0.2) is 27.0 Å². The van der Waals surface area contributed by atoms with Crippen molar-refractivity contribution in [2.24, 2.45) is 0 Å². The Kier molecular flexibility index (Phi) is 6.09. The van der Waals surface area contributed by atoms with Crippen molar-refractivity contribution >= 4 is 50.5 Å². The van der Waals surface area contributed by atoms with Crippen molar-refractivity contribution in [3.05, 3.63) is 88.4 Å². The number of sulfonamides is 1. The van der Waals surface area contributed by atoms with Crippen molar-refractivity contribution < 1.29 is 17.9 Å². The lowest BCUT2D eigenvalue weighted by Gasteiger charge is -2.34. The number of hydrogen-bond acceptors (Lipinski definition) is 4. The third-order valence-corrected chi connectivity index (χ3v) is 7.20. The van der Waals surface area contributed by atoms with Gasteiger partial charge in [-0.2, -0.15) is 0 Å². The van der Waals surface area contributed by atoms with Gasteiger partial charge in [-0.3, -0.25) is 9.10 Å². The molecule has 0 bridgehead atoms. The Morgan fingerprint density at radius 1 is 1.00 bits per heavy atom. The molecule has 6 nitrogen and oxygen atoms in total.